The van der Waals surface area contributed by atoms with Gasteiger partial charge < -0.3 is 10.2 Å². The van der Waals surface area contributed by atoms with Gasteiger partial charge in [-0.1, -0.05) is 6.07 Å². The van der Waals surface area contributed by atoms with E-state index in [0.717, 1.165) is 17.0 Å². The van der Waals surface area contributed by atoms with Gasteiger partial charge in [0.15, 0.2) is 17.5 Å². The standard InChI is InChI=1S/C17H16F3N3O4S/c1-21-28(26,27)11-5-3-4-10(8-11)17(25)23(2)9-14(24)22-13-7-6-12(18)15(19)16(13)20/h3-8,21H,9H2,1-2H3,(H,22,24). The van der Waals surface area contributed by atoms with E-state index in [-0.39, 0.29) is 10.5 Å². The first kappa shape index (κ1) is 21.4. The van der Waals surface area contributed by atoms with Crippen LogP contribution in [0.3, 0.4) is 0 Å². The number of sulfonamides is 1. The monoisotopic (exact) mass is 415 g/mol. The van der Waals surface area contributed by atoms with Gasteiger partial charge in [-0.25, -0.2) is 26.3 Å². The lowest BCUT2D eigenvalue weighted by atomic mass is 10.2. The Morgan fingerprint density at radius 3 is 2.39 bits per heavy atom. The predicted octanol–water partition coefficient (Wildman–Crippen LogP) is 1.72. The molecule has 0 unspecified atom stereocenters. The van der Waals surface area contributed by atoms with E-state index < -0.39 is 51.5 Å². The molecule has 2 N–H and O–H groups in total. The maximum absolute atomic E-state index is 13.6. The molecule has 0 heterocycles. The van der Waals surface area contributed by atoms with Crippen molar-refractivity contribution in [3.63, 3.8) is 0 Å². The minimum Gasteiger partial charge on any atom is -0.332 e. The topological polar surface area (TPSA) is 95.6 Å². The summed E-state index contributed by atoms with van der Waals surface area (Å²) in [5, 5.41) is 2.04. The van der Waals surface area contributed by atoms with Crippen molar-refractivity contribution >= 4 is 27.5 Å². The van der Waals surface area contributed by atoms with Crippen LogP contribution in [-0.2, 0) is 14.8 Å². The van der Waals surface area contributed by atoms with E-state index in [1.165, 1.54) is 32.3 Å². The van der Waals surface area contributed by atoms with Crippen LogP contribution in [0.1, 0.15) is 10.4 Å². The molecule has 2 amide bonds. The van der Waals surface area contributed by atoms with Crippen molar-refractivity contribution < 1.29 is 31.2 Å². The van der Waals surface area contributed by atoms with Gasteiger partial charge >= 0.3 is 0 Å². The molecule has 0 saturated carbocycles. The lowest BCUT2D eigenvalue weighted by Gasteiger charge is -2.17. The van der Waals surface area contributed by atoms with Crippen LogP contribution >= 0.6 is 0 Å². The molecule has 0 bridgehead atoms. The van der Waals surface area contributed by atoms with Crippen molar-refractivity contribution in [3.05, 3.63) is 59.4 Å². The molecule has 0 aliphatic rings. The summed E-state index contributed by atoms with van der Waals surface area (Å²) in [6.07, 6.45) is 0. The Balaban J connectivity index is 2.11. The van der Waals surface area contributed by atoms with E-state index >= 15 is 0 Å². The fourth-order valence-corrected chi connectivity index (χ4v) is 3.01. The Morgan fingerprint density at radius 1 is 1.07 bits per heavy atom. The Morgan fingerprint density at radius 2 is 1.75 bits per heavy atom. The van der Waals surface area contributed by atoms with E-state index in [2.05, 4.69) is 4.72 Å². The highest BCUT2D eigenvalue weighted by atomic mass is 32.2. The second-order valence-electron chi connectivity index (χ2n) is 5.67. The molecule has 0 atom stereocenters. The fourth-order valence-electron chi connectivity index (χ4n) is 2.23. The van der Waals surface area contributed by atoms with Crippen molar-refractivity contribution in [1.29, 1.82) is 0 Å². The van der Waals surface area contributed by atoms with E-state index in [0.29, 0.717) is 6.07 Å². The number of hydrogen-bond acceptors (Lipinski definition) is 4. The van der Waals surface area contributed by atoms with Crippen LogP contribution in [-0.4, -0.2) is 45.8 Å². The Kier molecular flexibility index (Phi) is 6.41. The first-order chi connectivity index (χ1) is 13.1. The number of benzene rings is 2. The Hall–Kier alpha value is -2.92. The normalized spacial score (nSPS) is 11.2. The molecule has 7 nitrogen and oxygen atoms in total. The van der Waals surface area contributed by atoms with E-state index in [4.69, 9.17) is 0 Å². The highest BCUT2D eigenvalue weighted by Gasteiger charge is 2.20. The number of anilines is 1. The fraction of sp³-hybridized carbons (Fsp3) is 0.176. The van der Waals surface area contributed by atoms with Gasteiger partial charge in [-0.2, -0.15) is 0 Å². The average Bonchev–Trinajstić information content (AvgIpc) is 2.67. The molecule has 0 radical (unpaired) electrons. The van der Waals surface area contributed by atoms with Crippen LogP contribution in [0, 0.1) is 17.5 Å². The number of amides is 2. The Bertz CT molecular complexity index is 1030. The number of nitrogens with one attached hydrogen (secondary N) is 2. The lowest BCUT2D eigenvalue weighted by molar-refractivity contribution is -0.116. The van der Waals surface area contributed by atoms with E-state index in [1.807, 2.05) is 5.32 Å². The first-order valence-corrected chi connectivity index (χ1v) is 9.27. The minimum absolute atomic E-state index is 0.00521. The molecule has 0 aliphatic carbocycles. The van der Waals surface area contributed by atoms with Gasteiger partial charge in [0.25, 0.3) is 5.91 Å². The van der Waals surface area contributed by atoms with Crippen molar-refractivity contribution in [2.24, 2.45) is 0 Å². The zero-order valence-electron chi connectivity index (χ0n) is 14.8. The van der Waals surface area contributed by atoms with Crippen molar-refractivity contribution in [3.8, 4) is 0 Å². The van der Waals surface area contributed by atoms with Gasteiger partial charge in [-0.3, -0.25) is 9.59 Å². The van der Waals surface area contributed by atoms with Gasteiger partial charge in [-0.15, -0.1) is 0 Å². The quantitative estimate of drug-likeness (QED) is 0.703. The molecule has 150 valence electrons. The van der Waals surface area contributed by atoms with Crippen molar-refractivity contribution in [1.82, 2.24) is 9.62 Å². The van der Waals surface area contributed by atoms with Gasteiger partial charge in [0.1, 0.15) is 0 Å². The van der Waals surface area contributed by atoms with E-state index in [1.54, 1.807) is 0 Å². The van der Waals surface area contributed by atoms with Crippen LogP contribution in [0.15, 0.2) is 41.3 Å². The molecule has 2 aromatic carbocycles. The molecule has 0 spiro atoms. The number of carbonyl (C=O) groups is 2. The molecular formula is C17H16F3N3O4S. The summed E-state index contributed by atoms with van der Waals surface area (Å²) in [4.78, 5) is 25.2. The van der Waals surface area contributed by atoms with Crippen LogP contribution in [0.4, 0.5) is 18.9 Å². The molecule has 2 rings (SSSR count). The molecule has 2 aromatic rings. The minimum atomic E-state index is -3.76. The van der Waals surface area contributed by atoms with Crippen LogP contribution in [0.25, 0.3) is 0 Å². The zero-order valence-corrected chi connectivity index (χ0v) is 15.6. The van der Waals surface area contributed by atoms with Crippen LogP contribution in [0.2, 0.25) is 0 Å². The SMILES string of the molecule is CNS(=O)(=O)c1cccc(C(=O)N(C)CC(=O)Nc2ccc(F)c(F)c2F)c1. The summed E-state index contributed by atoms with van der Waals surface area (Å²) in [6, 6.07) is 6.65. The molecular weight excluding hydrogens is 399 g/mol. The van der Waals surface area contributed by atoms with Gasteiger partial charge in [-0.05, 0) is 37.4 Å². The first-order valence-electron chi connectivity index (χ1n) is 7.79. The molecule has 0 aromatic heterocycles. The molecule has 0 fully saturated rings. The number of rotatable bonds is 6. The van der Waals surface area contributed by atoms with Crippen molar-refractivity contribution in [2.45, 2.75) is 4.90 Å². The molecule has 0 aliphatic heterocycles. The number of nitrogens with zero attached hydrogens (tertiary/aromatic N) is 1. The Labute approximate surface area is 159 Å². The summed E-state index contributed by atoms with van der Waals surface area (Å²) in [5.74, 6) is -6.23. The van der Waals surface area contributed by atoms with Crippen molar-refractivity contribution in [2.75, 3.05) is 26.0 Å². The third-order valence-corrected chi connectivity index (χ3v) is 5.11. The largest absolute Gasteiger partial charge is 0.332 e. The predicted molar refractivity (Wildman–Crippen MR) is 94.6 cm³/mol. The maximum Gasteiger partial charge on any atom is 0.254 e. The van der Waals surface area contributed by atoms with Gasteiger partial charge in [0.05, 0.1) is 17.1 Å². The molecule has 28 heavy (non-hydrogen) atoms. The second-order valence-corrected chi connectivity index (χ2v) is 7.55. The summed E-state index contributed by atoms with van der Waals surface area (Å²) in [6.45, 7) is -0.541. The summed E-state index contributed by atoms with van der Waals surface area (Å²) in [5.41, 5.74) is -0.572. The summed E-state index contributed by atoms with van der Waals surface area (Å²) < 4.78 is 65.5. The highest BCUT2D eigenvalue weighted by molar-refractivity contribution is 7.89. The molecule has 11 heteroatoms. The number of hydrogen-bond donors (Lipinski definition) is 2. The molecule has 0 saturated heterocycles. The lowest BCUT2D eigenvalue weighted by Crippen LogP contribution is -2.35. The number of halogens is 3. The van der Waals surface area contributed by atoms with Gasteiger partial charge in [0.2, 0.25) is 15.9 Å². The number of carbonyl (C=O) groups excluding carboxylic acids is 2. The summed E-state index contributed by atoms with van der Waals surface area (Å²) >= 11 is 0. The zero-order chi connectivity index (χ0) is 21.1. The van der Waals surface area contributed by atoms with E-state index in [9.17, 15) is 31.2 Å². The smallest absolute Gasteiger partial charge is 0.254 e. The third kappa shape index (κ3) is 4.67. The van der Waals surface area contributed by atoms with Gasteiger partial charge in [0, 0.05) is 12.6 Å². The van der Waals surface area contributed by atoms with Crippen LogP contribution < -0.4 is 10.0 Å². The third-order valence-electron chi connectivity index (χ3n) is 3.70. The second kappa shape index (κ2) is 8.40. The maximum atomic E-state index is 13.6. The highest BCUT2D eigenvalue weighted by Crippen LogP contribution is 2.19. The average molecular weight is 415 g/mol. The summed E-state index contributed by atoms with van der Waals surface area (Å²) in [7, 11) is -1.28. The van der Waals surface area contributed by atoms with Crippen LogP contribution in [0.5, 0.6) is 0 Å². The number of likely N-dealkylation sites (N-methyl/N-ethyl adjacent to an activating group) is 1.